The van der Waals surface area contributed by atoms with Crippen molar-refractivity contribution in [2.24, 2.45) is 0 Å². The van der Waals surface area contributed by atoms with Gasteiger partial charge in [0.2, 0.25) is 0 Å². The topological polar surface area (TPSA) is 52.5 Å². The molecule has 0 aliphatic heterocycles. The first-order chi connectivity index (χ1) is 4.66. The third-order valence-electron chi connectivity index (χ3n) is 1.26. The van der Waals surface area contributed by atoms with E-state index in [2.05, 4.69) is 12.2 Å². The number of hydrogen-bond acceptors (Lipinski definition) is 3. The van der Waals surface area contributed by atoms with Crippen molar-refractivity contribution in [2.75, 3.05) is 0 Å². The lowest BCUT2D eigenvalue weighted by Gasteiger charge is -2.13. The maximum absolute atomic E-state index is 9.08. The molecule has 2 atom stereocenters. The van der Waals surface area contributed by atoms with Crippen molar-refractivity contribution in [3.05, 3.63) is 0 Å². The van der Waals surface area contributed by atoms with Gasteiger partial charge in [0.25, 0.3) is 0 Å². The fourth-order valence-electron chi connectivity index (χ4n) is 0.759. The molecule has 0 saturated carbocycles. The summed E-state index contributed by atoms with van der Waals surface area (Å²) in [5.41, 5.74) is 0. The highest BCUT2D eigenvalue weighted by atomic mass is 16.3. The number of unbranched alkanes of at least 4 members (excludes halogenated alkanes) is 1. The van der Waals surface area contributed by atoms with Crippen molar-refractivity contribution in [1.82, 2.24) is 5.32 Å². The normalized spacial score (nSPS) is 16.8. The summed E-state index contributed by atoms with van der Waals surface area (Å²) in [6, 6.07) is 0. The smallest absolute Gasteiger partial charge is 0.106 e. The molecule has 0 amide bonds. The molecule has 0 spiro atoms. The van der Waals surface area contributed by atoms with Crippen LogP contribution in [0.1, 0.15) is 33.1 Å². The van der Waals surface area contributed by atoms with Gasteiger partial charge in [-0.1, -0.05) is 13.3 Å². The Morgan fingerprint density at radius 3 is 2.40 bits per heavy atom. The molecule has 0 saturated heterocycles. The van der Waals surface area contributed by atoms with E-state index in [0.29, 0.717) is 6.42 Å². The van der Waals surface area contributed by atoms with Crippen molar-refractivity contribution < 1.29 is 10.2 Å². The molecule has 0 bridgehead atoms. The number of aliphatic hydroxyl groups excluding tert-OH is 2. The summed E-state index contributed by atoms with van der Waals surface area (Å²) >= 11 is 0. The fourth-order valence-corrected chi connectivity index (χ4v) is 0.759. The zero-order valence-corrected chi connectivity index (χ0v) is 6.67. The molecule has 0 rings (SSSR count). The molecule has 0 radical (unpaired) electrons. The number of aliphatic hydroxyl groups is 2. The Hall–Kier alpha value is -0.120. The van der Waals surface area contributed by atoms with Gasteiger partial charge in [0, 0.05) is 0 Å². The lowest BCUT2D eigenvalue weighted by atomic mass is 10.2. The minimum absolute atomic E-state index is 0.556. The van der Waals surface area contributed by atoms with Crippen LogP contribution in [0.25, 0.3) is 0 Å². The molecule has 3 heteroatoms. The van der Waals surface area contributed by atoms with Crippen LogP contribution in [0.2, 0.25) is 0 Å². The second kappa shape index (κ2) is 5.65. The van der Waals surface area contributed by atoms with Crippen molar-refractivity contribution in [3.8, 4) is 0 Å². The zero-order chi connectivity index (χ0) is 7.98. The second-order valence-electron chi connectivity index (χ2n) is 2.50. The van der Waals surface area contributed by atoms with Gasteiger partial charge in [-0.05, 0) is 19.8 Å². The summed E-state index contributed by atoms with van der Waals surface area (Å²) in [7, 11) is 0. The lowest BCUT2D eigenvalue weighted by molar-refractivity contribution is 0.0462. The molecule has 62 valence electrons. The van der Waals surface area contributed by atoms with E-state index in [1.54, 1.807) is 6.92 Å². The van der Waals surface area contributed by atoms with Crippen molar-refractivity contribution in [2.45, 2.75) is 45.6 Å². The highest BCUT2D eigenvalue weighted by Crippen LogP contribution is 1.97. The highest BCUT2D eigenvalue weighted by molar-refractivity contribution is 4.52. The third-order valence-corrected chi connectivity index (χ3v) is 1.26. The Labute approximate surface area is 62.1 Å². The Morgan fingerprint density at radius 1 is 1.40 bits per heavy atom. The number of nitrogens with one attached hydrogen (secondary N) is 1. The zero-order valence-electron chi connectivity index (χ0n) is 6.67. The van der Waals surface area contributed by atoms with Crippen LogP contribution < -0.4 is 5.32 Å². The van der Waals surface area contributed by atoms with Crippen LogP contribution >= 0.6 is 0 Å². The molecule has 3 nitrogen and oxygen atoms in total. The third kappa shape index (κ3) is 6.01. The first kappa shape index (κ1) is 9.88. The van der Waals surface area contributed by atoms with Crippen LogP contribution in [-0.4, -0.2) is 22.7 Å². The molecule has 2 unspecified atom stereocenters. The molecule has 0 aromatic rings. The van der Waals surface area contributed by atoms with Gasteiger partial charge in [-0.25, -0.2) is 0 Å². The molecule has 10 heavy (non-hydrogen) atoms. The Balaban J connectivity index is 3.16. The van der Waals surface area contributed by atoms with Crippen LogP contribution in [-0.2, 0) is 0 Å². The van der Waals surface area contributed by atoms with Gasteiger partial charge in [-0.15, -0.1) is 0 Å². The molecular weight excluding hydrogens is 130 g/mol. The molecular formula is C7H17NO2. The van der Waals surface area contributed by atoms with Crippen LogP contribution in [0.3, 0.4) is 0 Å². The first-order valence-electron chi connectivity index (χ1n) is 3.79. The van der Waals surface area contributed by atoms with Crippen LogP contribution in [0.4, 0.5) is 0 Å². The average molecular weight is 147 g/mol. The van der Waals surface area contributed by atoms with Crippen LogP contribution in [0.5, 0.6) is 0 Å². The van der Waals surface area contributed by atoms with E-state index < -0.39 is 12.5 Å². The van der Waals surface area contributed by atoms with Gasteiger partial charge in [-0.2, -0.15) is 0 Å². The Kier molecular flexibility index (Phi) is 5.58. The standard InChI is InChI=1S/C7H17NO2/c1-3-4-5-7(10)8-6(2)9/h6-10H,3-5H2,1-2H3. The van der Waals surface area contributed by atoms with Gasteiger partial charge in [0.05, 0.1) is 0 Å². The van der Waals surface area contributed by atoms with E-state index in [1.165, 1.54) is 0 Å². The SMILES string of the molecule is CCCCC(O)NC(C)O. The lowest BCUT2D eigenvalue weighted by Crippen LogP contribution is -2.35. The Bertz CT molecular complexity index is 76.0. The van der Waals surface area contributed by atoms with Gasteiger partial charge in [0.15, 0.2) is 0 Å². The van der Waals surface area contributed by atoms with Crippen molar-refractivity contribution >= 4 is 0 Å². The minimum atomic E-state index is -0.619. The Morgan fingerprint density at radius 2 is 2.00 bits per heavy atom. The molecule has 0 aliphatic carbocycles. The molecule has 0 aliphatic rings. The van der Waals surface area contributed by atoms with Gasteiger partial charge < -0.3 is 10.2 Å². The summed E-state index contributed by atoms with van der Waals surface area (Å²) in [5.74, 6) is 0. The number of rotatable bonds is 5. The largest absolute Gasteiger partial charge is 0.379 e. The van der Waals surface area contributed by atoms with Crippen molar-refractivity contribution in [1.29, 1.82) is 0 Å². The molecule has 0 aromatic heterocycles. The van der Waals surface area contributed by atoms with E-state index in [9.17, 15) is 0 Å². The minimum Gasteiger partial charge on any atom is -0.379 e. The summed E-state index contributed by atoms with van der Waals surface area (Å²) in [6.07, 6.45) is 1.59. The van der Waals surface area contributed by atoms with E-state index in [4.69, 9.17) is 10.2 Å². The summed E-state index contributed by atoms with van der Waals surface area (Å²) in [5, 5.41) is 20.4. The predicted octanol–water partition coefficient (Wildman–Crippen LogP) is 0.423. The van der Waals surface area contributed by atoms with E-state index in [0.717, 1.165) is 12.8 Å². The van der Waals surface area contributed by atoms with Gasteiger partial charge in [0.1, 0.15) is 12.5 Å². The predicted molar refractivity (Wildman–Crippen MR) is 40.3 cm³/mol. The summed E-state index contributed by atoms with van der Waals surface area (Å²) < 4.78 is 0. The van der Waals surface area contributed by atoms with E-state index in [-0.39, 0.29) is 0 Å². The van der Waals surface area contributed by atoms with Crippen molar-refractivity contribution in [3.63, 3.8) is 0 Å². The maximum atomic E-state index is 9.08. The fraction of sp³-hybridized carbons (Fsp3) is 1.00. The quantitative estimate of drug-likeness (QED) is 0.494. The molecule has 3 N–H and O–H groups in total. The molecule has 0 aromatic carbocycles. The van der Waals surface area contributed by atoms with E-state index in [1.807, 2.05) is 0 Å². The van der Waals surface area contributed by atoms with Gasteiger partial charge >= 0.3 is 0 Å². The monoisotopic (exact) mass is 147 g/mol. The van der Waals surface area contributed by atoms with Crippen LogP contribution in [0, 0.1) is 0 Å². The molecule has 0 heterocycles. The second-order valence-corrected chi connectivity index (χ2v) is 2.50. The van der Waals surface area contributed by atoms with Gasteiger partial charge in [-0.3, -0.25) is 5.32 Å². The summed E-state index contributed by atoms with van der Waals surface area (Å²) in [4.78, 5) is 0. The van der Waals surface area contributed by atoms with E-state index >= 15 is 0 Å². The highest BCUT2D eigenvalue weighted by Gasteiger charge is 2.03. The summed E-state index contributed by atoms with van der Waals surface area (Å²) in [6.45, 7) is 3.66. The van der Waals surface area contributed by atoms with Crippen LogP contribution in [0.15, 0.2) is 0 Å². The maximum Gasteiger partial charge on any atom is 0.106 e. The molecule has 0 fully saturated rings. The first-order valence-corrected chi connectivity index (χ1v) is 3.79. The number of hydrogen-bond donors (Lipinski definition) is 3. The average Bonchev–Trinajstić information content (AvgIpc) is 1.82.